The zero-order chi connectivity index (χ0) is 18.3. The summed E-state index contributed by atoms with van der Waals surface area (Å²) in [6.07, 6.45) is 2.05. The SMILES string of the molecule is C=CCOC[C@H](N[C@H](C#N)CC(C#N)COCOC)c1ccccc1. The molecule has 6 nitrogen and oxygen atoms in total. The average molecular weight is 343 g/mol. The van der Waals surface area contributed by atoms with Gasteiger partial charge in [-0.05, 0) is 12.0 Å². The van der Waals surface area contributed by atoms with Gasteiger partial charge in [0.25, 0.3) is 0 Å². The molecule has 0 aliphatic carbocycles. The van der Waals surface area contributed by atoms with Crippen LogP contribution in [0.3, 0.4) is 0 Å². The zero-order valence-corrected chi connectivity index (χ0v) is 14.6. The largest absolute Gasteiger partial charge is 0.375 e. The standard InChI is InChI=1S/C19H25N3O3/c1-3-9-24-14-19(17-7-5-4-6-8-17)22-18(12-21)10-16(11-20)13-25-15-23-2/h3-8,16,18-19,22H,1,9-10,13-15H2,2H3/t16?,18-,19-/m0/s1. The van der Waals surface area contributed by atoms with E-state index in [1.807, 2.05) is 30.3 Å². The molecule has 0 fully saturated rings. The van der Waals surface area contributed by atoms with E-state index in [0.717, 1.165) is 5.56 Å². The number of hydrogen-bond donors (Lipinski definition) is 1. The number of hydrogen-bond acceptors (Lipinski definition) is 6. The normalized spacial score (nSPS) is 14.0. The quantitative estimate of drug-likeness (QED) is 0.336. The monoisotopic (exact) mass is 343 g/mol. The van der Waals surface area contributed by atoms with Crippen molar-refractivity contribution in [2.75, 3.05) is 33.7 Å². The first-order valence-corrected chi connectivity index (χ1v) is 8.10. The highest BCUT2D eigenvalue weighted by Gasteiger charge is 2.21. The predicted octanol–water partition coefficient (Wildman–Crippen LogP) is 2.56. The number of nitriles is 2. The molecule has 0 aliphatic heterocycles. The van der Waals surface area contributed by atoms with Crippen LogP contribution in [0.2, 0.25) is 0 Å². The molecular formula is C19H25N3O3. The molecule has 0 amide bonds. The fourth-order valence-electron chi connectivity index (χ4n) is 2.31. The molecule has 0 aliphatic rings. The van der Waals surface area contributed by atoms with E-state index < -0.39 is 12.0 Å². The van der Waals surface area contributed by atoms with E-state index in [0.29, 0.717) is 19.6 Å². The van der Waals surface area contributed by atoms with E-state index in [1.165, 1.54) is 7.11 Å². The van der Waals surface area contributed by atoms with Crippen molar-refractivity contribution in [3.8, 4) is 12.1 Å². The second kappa shape index (κ2) is 13.1. The predicted molar refractivity (Wildman–Crippen MR) is 94.3 cm³/mol. The molecular weight excluding hydrogens is 318 g/mol. The summed E-state index contributed by atoms with van der Waals surface area (Å²) in [7, 11) is 1.52. The molecule has 1 unspecified atom stereocenters. The molecule has 0 saturated heterocycles. The van der Waals surface area contributed by atoms with Crippen molar-refractivity contribution in [3.63, 3.8) is 0 Å². The Balaban J connectivity index is 2.69. The van der Waals surface area contributed by atoms with Gasteiger partial charge in [0, 0.05) is 7.11 Å². The van der Waals surface area contributed by atoms with Crippen LogP contribution in [-0.2, 0) is 14.2 Å². The smallest absolute Gasteiger partial charge is 0.146 e. The maximum absolute atomic E-state index is 9.47. The Bertz CT molecular complexity index is 566. The second-order valence-corrected chi connectivity index (χ2v) is 5.48. The Kier molecular flexibility index (Phi) is 10.9. The minimum atomic E-state index is -0.492. The van der Waals surface area contributed by atoms with Crippen molar-refractivity contribution in [1.82, 2.24) is 5.32 Å². The van der Waals surface area contributed by atoms with Crippen LogP contribution in [0.5, 0.6) is 0 Å². The van der Waals surface area contributed by atoms with Gasteiger partial charge in [-0.1, -0.05) is 36.4 Å². The van der Waals surface area contributed by atoms with Crippen LogP contribution < -0.4 is 5.32 Å². The molecule has 1 rings (SSSR count). The minimum Gasteiger partial charge on any atom is -0.375 e. The molecule has 0 bridgehead atoms. The lowest BCUT2D eigenvalue weighted by molar-refractivity contribution is -0.0390. The van der Waals surface area contributed by atoms with Gasteiger partial charge >= 0.3 is 0 Å². The first kappa shape index (κ1) is 20.8. The fraction of sp³-hybridized carbons (Fsp3) is 0.474. The summed E-state index contributed by atoms with van der Waals surface area (Å²) in [5.74, 6) is -0.391. The minimum absolute atomic E-state index is 0.130. The molecule has 134 valence electrons. The molecule has 6 heteroatoms. The van der Waals surface area contributed by atoms with E-state index in [2.05, 4.69) is 24.0 Å². The summed E-state index contributed by atoms with van der Waals surface area (Å²) < 4.78 is 15.6. The summed E-state index contributed by atoms with van der Waals surface area (Å²) in [5, 5.41) is 22.0. The molecule has 1 aromatic rings. The number of benzene rings is 1. The van der Waals surface area contributed by atoms with Crippen LogP contribution in [0.1, 0.15) is 18.0 Å². The van der Waals surface area contributed by atoms with Crippen molar-refractivity contribution in [1.29, 1.82) is 10.5 Å². The van der Waals surface area contributed by atoms with Crippen LogP contribution >= 0.6 is 0 Å². The Morgan fingerprint density at radius 1 is 1.16 bits per heavy atom. The fourth-order valence-corrected chi connectivity index (χ4v) is 2.31. The number of nitrogens with one attached hydrogen (secondary N) is 1. The van der Waals surface area contributed by atoms with Gasteiger partial charge in [0.15, 0.2) is 0 Å². The van der Waals surface area contributed by atoms with Crippen molar-refractivity contribution >= 4 is 0 Å². The molecule has 1 N–H and O–H groups in total. The number of methoxy groups -OCH3 is 1. The molecule has 0 spiro atoms. The highest BCUT2D eigenvalue weighted by molar-refractivity contribution is 5.19. The topological polar surface area (TPSA) is 87.3 Å². The van der Waals surface area contributed by atoms with E-state index >= 15 is 0 Å². The number of rotatable bonds is 13. The van der Waals surface area contributed by atoms with Crippen LogP contribution in [0, 0.1) is 28.6 Å². The van der Waals surface area contributed by atoms with Gasteiger partial charge in [0.2, 0.25) is 0 Å². The average Bonchev–Trinajstić information content (AvgIpc) is 2.66. The molecule has 3 atom stereocenters. The summed E-state index contributed by atoms with van der Waals surface area (Å²) >= 11 is 0. The van der Waals surface area contributed by atoms with Crippen LogP contribution in [0.4, 0.5) is 0 Å². The maximum atomic E-state index is 9.47. The summed E-state index contributed by atoms with van der Waals surface area (Å²) in [6.45, 7) is 4.84. The Labute approximate surface area is 149 Å². The molecule has 1 aromatic carbocycles. The highest BCUT2D eigenvalue weighted by atomic mass is 16.7. The summed E-state index contributed by atoms with van der Waals surface area (Å²) in [5.41, 5.74) is 1.02. The van der Waals surface area contributed by atoms with E-state index in [-0.39, 0.29) is 19.4 Å². The van der Waals surface area contributed by atoms with Gasteiger partial charge < -0.3 is 14.2 Å². The molecule has 0 heterocycles. The van der Waals surface area contributed by atoms with Crippen molar-refractivity contribution in [2.24, 2.45) is 5.92 Å². The maximum Gasteiger partial charge on any atom is 0.146 e. The van der Waals surface area contributed by atoms with Gasteiger partial charge in [-0.3, -0.25) is 5.32 Å². The third-order valence-electron chi connectivity index (χ3n) is 3.50. The second-order valence-electron chi connectivity index (χ2n) is 5.48. The van der Waals surface area contributed by atoms with Gasteiger partial charge in [0.05, 0.1) is 50.0 Å². The van der Waals surface area contributed by atoms with Crippen molar-refractivity contribution < 1.29 is 14.2 Å². The molecule has 0 saturated carbocycles. The summed E-state index contributed by atoms with van der Waals surface area (Å²) in [4.78, 5) is 0. The first-order chi connectivity index (χ1) is 12.2. The highest BCUT2D eigenvalue weighted by Crippen LogP contribution is 2.16. The third kappa shape index (κ3) is 8.44. The van der Waals surface area contributed by atoms with E-state index in [1.54, 1.807) is 6.08 Å². The third-order valence-corrected chi connectivity index (χ3v) is 3.50. The van der Waals surface area contributed by atoms with Crippen LogP contribution in [0.25, 0.3) is 0 Å². The Morgan fingerprint density at radius 3 is 2.52 bits per heavy atom. The number of ether oxygens (including phenoxy) is 3. The van der Waals surface area contributed by atoms with E-state index in [4.69, 9.17) is 14.2 Å². The lowest BCUT2D eigenvalue weighted by Gasteiger charge is -2.23. The molecule has 25 heavy (non-hydrogen) atoms. The molecule has 0 radical (unpaired) electrons. The van der Waals surface area contributed by atoms with E-state index in [9.17, 15) is 10.5 Å². The molecule has 0 aromatic heterocycles. The van der Waals surface area contributed by atoms with Gasteiger partial charge in [-0.15, -0.1) is 6.58 Å². The van der Waals surface area contributed by atoms with Crippen LogP contribution in [0.15, 0.2) is 43.0 Å². The Hall–Kier alpha value is -2.22. The first-order valence-electron chi connectivity index (χ1n) is 8.10. The van der Waals surface area contributed by atoms with Crippen LogP contribution in [-0.4, -0.2) is 39.8 Å². The van der Waals surface area contributed by atoms with Gasteiger partial charge in [-0.2, -0.15) is 10.5 Å². The van der Waals surface area contributed by atoms with Gasteiger partial charge in [0.1, 0.15) is 6.79 Å². The number of nitrogens with zero attached hydrogens (tertiary/aromatic N) is 2. The summed E-state index contributed by atoms with van der Waals surface area (Å²) in [6, 6.07) is 13.5. The van der Waals surface area contributed by atoms with Crippen molar-refractivity contribution in [2.45, 2.75) is 18.5 Å². The van der Waals surface area contributed by atoms with Crippen molar-refractivity contribution in [3.05, 3.63) is 48.6 Å². The lowest BCUT2D eigenvalue weighted by Crippen LogP contribution is -2.36. The zero-order valence-electron chi connectivity index (χ0n) is 14.6. The Morgan fingerprint density at radius 2 is 1.92 bits per heavy atom. The lowest BCUT2D eigenvalue weighted by atomic mass is 10.0. The van der Waals surface area contributed by atoms with Gasteiger partial charge in [-0.25, -0.2) is 0 Å².